The average Bonchev–Trinajstić information content (AvgIpc) is 3.68. The molecular formula is C37H42BrN3O8. The number of hydrogen-bond acceptors (Lipinski definition) is 8. The molecule has 1 spiro atoms. The zero-order valence-corrected chi connectivity index (χ0v) is 29.6. The molecule has 3 amide bonds. The third kappa shape index (κ3) is 6.24. The standard InChI is InChI=1S/C37H42BrN3O8/c1-21-14-15-22(2)27(17-21)40-16-10-6-9-13-28(43)39-26(20-47-4)31(24-11-7-5-8-12-24)48-36(46)29-30-34(44)41(23(3)19-42)33(35(40)45)37(30)18-25(38)32(29)49-37/h5-8,10-12,14-15,17-18,23,26,29-33,42H,9,13,16,19-20H2,1-4H3,(H,39,43)/b10-6-/t23-,26-,29+,30-,31-,32+,33+,37-/m1/s1. The molecule has 11 nitrogen and oxygen atoms in total. The third-order valence-corrected chi connectivity index (χ3v) is 10.6. The second kappa shape index (κ2) is 14.2. The summed E-state index contributed by atoms with van der Waals surface area (Å²) < 4.78 is 18.9. The van der Waals surface area contributed by atoms with E-state index in [9.17, 15) is 19.5 Å². The summed E-state index contributed by atoms with van der Waals surface area (Å²) in [6, 6.07) is 12.2. The minimum absolute atomic E-state index is 0.0537. The van der Waals surface area contributed by atoms with Crippen LogP contribution in [0.4, 0.5) is 5.69 Å². The van der Waals surface area contributed by atoms with Gasteiger partial charge in [0.15, 0.2) is 0 Å². The van der Waals surface area contributed by atoms with Crippen LogP contribution >= 0.6 is 15.9 Å². The molecule has 0 saturated carbocycles. The highest BCUT2D eigenvalue weighted by atomic mass is 79.9. The number of anilines is 1. The minimum Gasteiger partial charge on any atom is -0.455 e. The van der Waals surface area contributed by atoms with Gasteiger partial charge in [-0.2, -0.15) is 0 Å². The van der Waals surface area contributed by atoms with Crippen LogP contribution in [0.1, 0.15) is 42.6 Å². The van der Waals surface area contributed by atoms with Crippen LogP contribution < -0.4 is 10.2 Å². The summed E-state index contributed by atoms with van der Waals surface area (Å²) in [7, 11) is 1.50. The van der Waals surface area contributed by atoms with Crippen molar-refractivity contribution in [1.82, 2.24) is 10.2 Å². The largest absolute Gasteiger partial charge is 0.455 e. The monoisotopic (exact) mass is 735 g/mol. The average molecular weight is 737 g/mol. The Hall–Kier alpha value is -3.84. The molecule has 5 bridgehead atoms. The molecule has 0 aromatic heterocycles. The summed E-state index contributed by atoms with van der Waals surface area (Å²) in [5, 5.41) is 13.4. The fraction of sp³-hybridized carbons (Fsp3) is 0.459. The number of likely N-dealkylation sites (tertiary alicyclic amines) is 1. The third-order valence-electron chi connectivity index (χ3n) is 9.95. The Balaban J connectivity index is 1.50. The zero-order chi connectivity index (χ0) is 35.0. The molecule has 2 N–H and O–H groups in total. The van der Waals surface area contributed by atoms with Crippen molar-refractivity contribution in [2.24, 2.45) is 11.8 Å². The number of nitrogens with one attached hydrogen (secondary N) is 1. The van der Waals surface area contributed by atoms with E-state index >= 15 is 4.79 Å². The number of allylic oxidation sites excluding steroid dienone is 1. The molecule has 0 aliphatic carbocycles. The van der Waals surface area contributed by atoms with Gasteiger partial charge in [-0.1, -0.05) is 70.5 Å². The van der Waals surface area contributed by atoms with Crippen LogP contribution in [0.25, 0.3) is 0 Å². The molecule has 2 aromatic carbocycles. The van der Waals surface area contributed by atoms with Crippen LogP contribution in [0.2, 0.25) is 0 Å². The number of carbonyl (C=O) groups excluding carboxylic acids is 4. The van der Waals surface area contributed by atoms with Crippen molar-refractivity contribution in [3.05, 3.63) is 87.9 Å². The lowest BCUT2D eigenvalue weighted by atomic mass is 9.74. The number of carbonyl (C=O) groups is 4. The molecule has 49 heavy (non-hydrogen) atoms. The number of fused-ring (bicyclic) bond motifs is 2. The quantitative estimate of drug-likeness (QED) is 0.339. The first kappa shape index (κ1) is 35.0. The lowest BCUT2D eigenvalue weighted by Crippen LogP contribution is -2.58. The van der Waals surface area contributed by atoms with Crippen molar-refractivity contribution in [3.63, 3.8) is 0 Å². The summed E-state index contributed by atoms with van der Waals surface area (Å²) in [5.74, 6) is -4.07. The Morgan fingerprint density at radius 1 is 1.06 bits per heavy atom. The number of nitrogens with zero attached hydrogens (tertiary/aromatic N) is 2. The first-order valence-electron chi connectivity index (χ1n) is 16.6. The van der Waals surface area contributed by atoms with Crippen LogP contribution in [-0.2, 0) is 33.4 Å². The molecule has 8 atom stereocenters. The van der Waals surface area contributed by atoms with E-state index in [1.807, 2.05) is 62.4 Å². The molecule has 4 heterocycles. The van der Waals surface area contributed by atoms with Crippen molar-refractivity contribution < 1.29 is 38.5 Å². The van der Waals surface area contributed by atoms with Gasteiger partial charge in [0, 0.05) is 30.2 Å². The van der Waals surface area contributed by atoms with E-state index in [2.05, 4.69) is 21.2 Å². The van der Waals surface area contributed by atoms with Gasteiger partial charge in [0.25, 0.3) is 5.91 Å². The smallest absolute Gasteiger partial charge is 0.313 e. The van der Waals surface area contributed by atoms with Gasteiger partial charge in [-0.15, -0.1) is 0 Å². The number of amides is 3. The summed E-state index contributed by atoms with van der Waals surface area (Å²) in [6.07, 6.45) is 4.13. The molecular weight excluding hydrogens is 694 g/mol. The van der Waals surface area contributed by atoms with E-state index in [0.717, 1.165) is 11.1 Å². The zero-order valence-electron chi connectivity index (χ0n) is 28.0. The molecule has 0 radical (unpaired) electrons. The topological polar surface area (TPSA) is 135 Å². The number of ether oxygens (including phenoxy) is 3. The van der Waals surface area contributed by atoms with Gasteiger partial charge < -0.3 is 34.4 Å². The maximum atomic E-state index is 15.1. The van der Waals surface area contributed by atoms with Gasteiger partial charge in [0.1, 0.15) is 29.8 Å². The number of aliphatic hydroxyl groups is 1. The van der Waals surface area contributed by atoms with Crippen molar-refractivity contribution >= 4 is 45.3 Å². The number of methoxy groups -OCH3 is 1. The van der Waals surface area contributed by atoms with Crippen molar-refractivity contribution in [1.29, 1.82) is 0 Å². The minimum atomic E-state index is -1.51. The molecule has 4 aliphatic heterocycles. The number of esters is 1. The summed E-state index contributed by atoms with van der Waals surface area (Å²) in [4.78, 5) is 60.3. The van der Waals surface area contributed by atoms with Crippen LogP contribution in [0.3, 0.4) is 0 Å². The lowest BCUT2D eigenvalue weighted by molar-refractivity contribution is -0.162. The molecule has 12 heteroatoms. The van der Waals surface area contributed by atoms with E-state index in [1.54, 1.807) is 30.0 Å². The Labute approximate surface area is 294 Å². The van der Waals surface area contributed by atoms with E-state index in [1.165, 1.54) is 12.0 Å². The van der Waals surface area contributed by atoms with Gasteiger partial charge >= 0.3 is 5.97 Å². The predicted octanol–water partition coefficient (Wildman–Crippen LogP) is 3.66. The maximum absolute atomic E-state index is 15.1. The van der Waals surface area contributed by atoms with Crippen LogP contribution in [0.15, 0.2) is 71.2 Å². The molecule has 2 fully saturated rings. The second-order valence-corrected chi connectivity index (χ2v) is 14.2. The molecule has 6 rings (SSSR count). The summed E-state index contributed by atoms with van der Waals surface area (Å²) in [5.41, 5.74) is 1.58. The normalized spacial score (nSPS) is 31.7. The Morgan fingerprint density at radius 2 is 1.82 bits per heavy atom. The first-order valence-corrected chi connectivity index (χ1v) is 17.4. The van der Waals surface area contributed by atoms with Gasteiger partial charge in [-0.3, -0.25) is 19.2 Å². The van der Waals surface area contributed by atoms with Crippen molar-refractivity contribution in [2.45, 2.75) is 69.5 Å². The van der Waals surface area contributed by atoms with Crippen LogP contribution in [0.5, 0.6) is 0 Å². The molecule has 2 saturated heterocycles. The number of rotatable bonds is 6. The van der Waals surface area contributed by atoms with Crippen molar-refractivity contribution in [3.8, 4) is 0 Å². The lowest BCUT2D eigenvalue weighted by Gasteiger charge is -2.38. The molecule has 260 valence electrons. The number of cyclic esters (lactones) is 1. The van der Waals surface area contributed by atoms with E-state index in [-0.39, 0.29) is 25.5 Å². The SMILES string of the molecule is COC[C@H]1NC(=O)CC/C=C\CN(c2cc(C)ccc2C)C(=O)[C@@H]2N([C@H](C)CO)C(=O)[C@H]3[C@H](C(=O)O[C@@H]1c1ccccc1)[C@H]1O[C@@]23C=C1Br. The fourth-order valence-electron chi connectivity index (χ4n) is 7.64. The first-order chi connectivity index (χ1) is 23.5. The van der Waals surface area contributed by atoms with Crippen LogP contribution in [-0.4, -0.2) is 90.4 Å². The van der Waals surface area contributed by atoms with Gasteiger partial charge in [0.05, 0.1) is 31.2 Å². The summed E-state index contributed by atoms with van der Waals surface area (Å²) >= 11 is 3.59. The van der Waals surface area contributed by atoms with Crippen LogP contribution in [0, 0.1) is 25.7 Å². The fourth-order valence-corrected chi connectivity index (χ4v) is 8.37. The Morgan fingerprint density at radius 3 is 2.53 bits per heavy atom. The van der Waals surface area contributed by atoms with Gasteiger partial charge in [-0.25, -0.2) is 0 Å². The number of aryl methyl sites for hydroxylation is 2. The van der Waals surface area contributed by atoms with Gasteiger partial charge in [-0.05, 0) is 56.0 Å². The predicted molar refractivity (Wildman–Crippen MR) is 185 cm³/mol. The van der Waals surface area contributed by atoms with Crippen molar-refractivity contribution in [2.75, 3.05) is 31.8 Å². The van der Waals surface area contributed by atoms with E-state index in [4.69, 9.17) is 14.2 Å². The second-order valence-electron chi connectivity index (χ2n) is 13.3. The number of halogens is 1. The highest BCUT2D eigenvalue weighted by Crippen LogP contribution is 2.59. The van der Waals surface area contributed by atoms with E-state index < -0.39 is 72.2 Å². The number of aliphatic hydroxyl groups excluding tert-OH is 1. The number of benzene rings is 2. The van der Waals surface area contributed by atoms with E-state index in [0.29, 0.717) is 22.2 Å². The molecule has 2 aromatic rings. The highest BCUT2D eigenvalue weighted by Gasteiger charge is 2.75. The van der Waals surface area contributed by atoms with Gasteiger partial charge in [0.2, 0.25) is 11.8 Å². The maximum Gasteiger partial charge on any atom is 0.313 e. The summed E-state index contributed by atoms with van der Waals surface area (Å²) in [6.45, 7) is 5.32. The number of hydrogen-bond donors (Lipinski definition) is 2. The molecule has 0 unspecified atom stereocenters. The highest BCUT2D eigenvalue weighted by molar-refractivity contribution is 9.11. The Kier molecular flexibility index (Phi) is 10.1. The molecule has 4 aliphatic rings. The Bertz CT molecular complexity index is 1680.